The minimum Gasteiger partial charge on any atom is -0.328 e. The van der Waals surface area contributed by atoms with Gasteiger partial charge in [-0.3, -0.25) is 4.18 Å². The van der Waals surface area contributed by atoms with Crippen LogP contribution in [-0.2, 0) is 28.0 Å². The van der Waals surface area contributed by atoms with Gasteiger partial charge in [-0.25, -0.2) is 4.18 Å². The molecule has 0 bridgehead atoms. The molecule has 1 fully saturated rings. The van der Waals surface area contributed by atoms with Gasteiger partial charge >= 0.3 is 0 Å². The van der Waals surface area contributed by atoms with Crippen LogP contribution in [0.3, 0.4) is 0 Å². The Labute approximate surface area is 82.4 Å². The summed E-state index contributed by atoms with van der Waals surface area (Å²) in [4.78, 5) is 0. The predicted molar refractivity (Wildman–Crippen MR) is 45.6 cm³/mol. The second-order valence-corrected chi connectivity index (χ2v) is 6.02. The fourth-order valence-corrected chi connectivity index (χ4v) is 3.09. The molecule has 0 amide bonds. The van der Waals surface area contributed by atoms with Gasteiger partial charge in [0.1, 0.15) is 10.9 Å². The summed E-state index contributed by atoms with van der Waals surface area (Å²) < 4.78 is 57.9. The molecular weight excluding hydrogens is 240 g/mol. The standard InChI is InChI=1S/C4H10O8S2/c5-13(6)4-14(7,8)12-3-10-1-9-2-11-13/h5-6H,1-4H2. The van der Waals surface area contributed by atoms with Gasteiger partial charge in [-0.1, -0.05) is 0 Å². The van der Waals surface area contributed by atoms with Crippen molar-refractivity contribution in [2.24, 2.45) is 0 Å². The first kappa shape index (κ1) is 12.1. The molecule has 0 aliphatic carbocycles. The van der Waals surface area contributed by atoms with Crippen molar-refractivity contribution in [3.63, 3.8) is 0 Å². The van der Waals surface area contributed by atoms with Crippen molar-refractivity contribution < 1.29 is 35.4 Å². The maximum atomic E-state index is 11.0. The van der Waals surface area contributed by atoms with E-state index < -0.39 is 39.7 Å². The lowest BCUT2D eigenvalue weighted by Crippen LogP contribution is -2.22. The fraction of sp³-hybridized carbons (Fsp3) is 1.00. The first-order valence-corrected chi connectivity index (χ1v) is 6.56. The van der Waals surface area contributed by atoms with Gasteiger partial charge in [-0.15, -0.1) is 0 Å². The van der Waals surface area contributed by atoms with Crippen LogP contribution in [0.2, 0.25) is 0 Å². The van der Waals surface area contributed by atoms with Crippen LogP contribution < -0.4 is 0 Å². The lowest BCUT2D eigenvalue weighted by molar-refractivity contribution is -0.130. The molecule has 0 aromatic carbocycles. The maximum absolute atomic E-state index is 11.0. The highest BCUT2D eigenvalue weighted by Gasteiger charge is 2.28. The monoisotopic (exact) mass is 250 g/mol. The van der Waals surface area contributed by atoms with Crippen molar-refractivity contribution >= 4 is 21.0 Å². The minimum atomic E-state index is -4.06. The molecule has 8 nitrogen and oxygen atoms in total. The van der Waals surface area contributed by atoms with Crippen LogP contribution >= 0.6 is 10.9 Å². The van der Waals surface area contributed by atoms with Crippen molar-refractivity contribution in [1.29, 1.82) is 0 Å². The molecule has 1 saturated heterocycles. The fourth-order valence-electron chi connectivity index (χ4n) is 0.601. The molecule has 86 valence electrons. The van der Waals surface area contributed by atoms with E-state index in [9.17, 15) is 8.42 Å². The van der Waals surface area contributed by atoms with Gasteiger partial charge in [0.2, 0.25) is 0 Å². The Kier molecular flexibility index (Phi) is 4.09. The van der Waals surface area contributed by atoms with Crippen LogP contribution in [0.4, 0.5) is 0 Å². The first-order chi connectivity index (χ1) is 6.41. The number of hydrogen-bond acceptors (Lipinski definition) is 8. The highest BCUT2D eigenvalue weighted by Crippen LogP contribution is 2.41. The molecule has 0 spiro atoms. The number of ether oxygens (including phenoxy) is 2. The van der Waals surface area contributed by atoms with E-state index in [4.69, 9.17) is 9.11 Å². The van der Waals surface area contributed by atoms with Crippen LogP contribution in [0.25, 0.3) is 0 Å². The van der Waals surface area contributed by atoms with Gasteiger partial charge in [0.25, 0.3) is 10.1 Å². The largest absolute Gasteiger partial charge is 0.328 e. The zero-order chi connectivity index (χ0) is 10.7. The molecule has 1 aliphatic rings. The summed E-state index contributed by atoms with van der Waals surface area (Å²) in [5.41, 5.74) is 0. The molecule has 0 aromatic heterocycles. The van der Waals surface area contributed by atoms with Crippen molar-refractivity contribution in [3.8, 4) is 0 Å². The minimum absolute atomic E-state index is 0.259. The predicted octanol–water partition coefficient (Wildman–Crippen LogP) is -0.108. The van der Waals surface area contributed by atoms with Crippen LogP contribution in [0.1, 0.15) is 0 Å². The summed E-state index contributed by atoms with van der Waals surface area (Å²) in [6.07, 6.45) is 0. The Morgan fingerprint density at radius 1 is 0.929 bits per heavy atom. The van der Waals surface area contributed by atoms with E-state index in [0.29, 0.717) is 0 Å². The zero-order valence-electron chi connectivity index (χ0n) is 6.99. The first-order valence-electron chi connectivity index (χ1n) is 3.34. The Morgan fingerprint density at radius 3 is 2.14 bits per heavy atom. The molecular formula is C4H10O8S2. The summed E-state index contributed by atoms with van der Waals surface area (Å²) in [6.45, 7) is -1.25. The third-order valence-corrected chi connectivity index (χ3v) is 4.41. The van der Waals surface area contributed by atoms with Gasteiger partial charge in [-0.2, -0.15) is 8.42 Å². The van der Waals surface area contributed by atoms with E-state index in [1.54, 1.807) is 0 Å². The second kappa shape index (κ2) is 4.72. The molecule has 10 heteroatoms. The molecule has 0 unspecified atom stereocenters. The number of rotatable bonds is 0. The molecule has 0 aromatic rings. The Balaban J connectivity index is 2.65. The summed E-state index contributed by atoms with van der Waals surface area (Å²) in [7, 11) is -7.74. The highest BCUT2D eigenvalue weighted by atomic mass is 32.3. The molecule has 0 saturated carbocycles. The van der Waals surface area contributed by atoms with Crippen LogP contribution in [0.5, 0.6) is 0 Å². The van der Waals surface area contributed by atoms with Gasteiger partial charge < -0.3 is 18.6 Å². The third kappa shape index (κ3) is 4.52. The van der Waals surface area contributed by atoms with E-state index >= 15 is 0 Å². The van der Waals surface area contributed by atoms with Gasteiger partial charge in [0, 0.05) is 0 Å². The van der Waals surface area contributed by atoms with Crippen LogP contribution in [0, 0.1) is 0 Å². The Hall–Kier alpha value is 0.0600. The van der Waals surface area contributed by atoms with Gasteiger partial charge in [0.05, 0.1) is 0 Å². The van der Waals surface area contributed by atoms with Crippen LogP contribution in [0.15, 0.2) is 0 Å². The van der Waals surface area contributed by atoms with E-state index in [-0.39, 0.29) is 6.79 Å². The van der Waals surface area contributed by atoms with Gasteiger partial charge in [-0.05, 0) is 0 Å². The maximum Gasteiger partial charge on any atom is 0.284 e. The quantitative estimate of drug-likeness (QED) is 0.573. The summed E-state index contributed by atoms with van der Waals surface area (Å²) in [5, 5.41) is -1.04. The van der Waals surface area contributed by atoms with E-state index in [1.807, 2.05) is 0 Å². The Morgan fingerprint density at radius 2 is 1.50 bits per heavy atom. The normalized spacial score (nSPS) is 30.4. The summed E-state index contributed by atoms with van der Waals surface area (Å²) in [6, 6.07) is 0. The molecule has 1 aliphatic heterocycles. The Bertz CT molecular complexity index is 271. The molecule has 1 rings (SSSR count). The van der Waals surface area contributed by atoms with Crippen molar-refractivity contribution in [2.75, 3.05) is 25.5 Å². The smallest absolute Gasteiger partial charge is 0.284 e. The summed E-state index contributed by atoms with van der Waals surface area (Å²) >= 11 is 0. The molecule has 1 heterocycles. The third-order valence-electron chi connectivity index (χ3n) is 1.10. The average Bonchev–Trinajstić information content (AvgIpc) is 1.99. The van der Waals surface area contributed by atoms with Crippen molar-refractivity contribution in [3.05, 3.63) is 0 Å². The SMILES string of the molecule is O=S1(=O)CS(O)(O)OCOCOCO1. The van der Waals surface area contributed by atoms with E-state index in [1.165, 1.54) is 0 Å². The molecule has 0 atom stereocenters. The van der Waals surface area contributed by atoms with Crippen molar-refractivity contribution in [1.82, 2.24) is 0 Å². The molecule has 0 radical (unpaired) electrons. The molecule has 2 N–H and O–H groups in total. The van der Waals surface area contributed by atoms with Crippen LogP contribution in [-0.4, -0.2) is 43.0 Å². The molecule has 14 heavy (non-hydrogen) atoms. The second-order valence-electron chi connectivity index (χ2n) is 2.28. The van der Waals surface area contributed by atoms with E-state index in [0.717, 1.165) is 0 Å². The zero-order valence-corrected chi connectivity index (χ0v) is 8.62. The highest BCUT2D eigenvalue weighted by molar-refractivity contribution is 8.26. The topological polar surface area (TPSA) is 112 Å². The van der Waals surface area contributed by atoms with Gasteiger partial charge in [0.15, 0.2) is 25.5 Å². The summed E-state index contributed by atoms with van der Waals surface area (Å²) in [5.74, 6) is 0. The average molecular weight is 250 g/mol. The lowest BCUT2D eigenvalue weighted by atomic mass is 11.3. The van der Waals surface area contributed by atoms with E-state index in [2.05, 4.69) is 17.8 Å². The lowest BCUT2D eigenvalue weighted by Gasteiger charge is -2.26. The van der Waals surface area contributed by atoms with Crippen molar-refractivity contribution in [2.45, 2.75) is 0 Å². The number of hydrogen-bond donors (Lipinski definition) is 2.